The number of aromatic nitrogens is 2. The van der Waals surface area contributed by atoms with Crippen molar-refractivity contribution in [2.75, 3.05) is 19.7 Å². The largest absolute Gasteiger partial charge is 0.364 e. The number of ether oxygens (including phenoxy) is 1. The number of likely N-dealkylation sites (tertiary alicyclic amines) is 1. The molecule has 1 amide bonds. The summed E-state index contributed by atoms with van der Waals surface area (Å²) in [5, 5.41) is 4.42. The summed E-state index contributed by atoms with van der Waals surface area (Å²) in [5.74, 6) is 0.0524. The number of rotatable bonds is 5. The Kier molecular flexibility index (Phi) is 5.30. The van der Waals surface area contributed by atoms with Gasteiger partial charge in [0.2, 0.25) is 0 Å². The van der Waals surface area contributed by atoms with Gasteiger partial charge in [0.1, 0.15) is 0 Å². The highest BCUT2D eigenvalue weighted by Gasteiger charge is 2.31. The van der Waals surface area contributed by atoms with E-state index in [-0.39, 0.29) is 11.9 Å². The first-order valence-corrected chi connectivity index (χ1v) is 8.65. The van der Waals surface area contributed by atoms with Gasteiger partial charge in [0.05, 0.1) is 12.2 Å². The minimum atomic E-state index is -0.519. The quantitative estimate of drug-likeness (QED) is 0.847. The van der Waals surface area contributed by atoms with Crippen molar-refractivity contribution >= 4 is 5.91 Å². The second-order valence-corrected chi connectivity index (χ2v) is 6.32. The molecule has 2 atom stereocenters. The Bertz CT molecular complexity index is 668. The summed E-state index contributed by atoms with van der Waals surface area (Å²) in [6.07, 6.45) is 5.44. The van der Waals surface area contributed by atoms with Gasteiger partial charge in [0, 0.05) is 25.9 Å². The minimum absolute atomic E-state index is 0.0524. The fraction of sp³-hybridized carbons (Fsp3) is 0.474. The maximum Gasteiger partial charge on any atom is 0.256 e. The Morgan fingerprint density at radius 1 is 1.38 bits per heavy atom. The lowest BCUT2D eigenvalue weighted by molar-refractivity contribution is -0.145. The smallest absolute Gasteiger partial charge is 0.256 e. The van der Waals surface area contributed by atoms with E-state index in [0.29, 0.717) is 13.2 Å². The topological polar surface area (TPSA) is 47.4 Å². The van der Waals surface area contributed by atoms with Gasteiger partial charge in [-0.05, 0) is 37.8 Å². The maximum absolute atomic E-state index is 13.0. The van der Waals surface area contributed by atoms with E-state index in [1.807, 2.05) is 60.0 Å². The van der Waals surface area contributed by atoms with E-state index in [1.54, 1.807) is 0 Å². The fourth-order valence-corrected chi connectivity index (χ4v) is 3.27. The molecule has 128 valence electrons. The lowest BCUT2D eigenvalue weighted by Crippen LogP contribution is -2.43. The van der Waals surface area contributed by atoms with Gasteiger partial charge < -0.3 is 9.64 Å². The van der Waals surface area contributed by atoms with Crippen LogP contribution in [-0.2, 0) is 9.53 Å². The van der Waals surface area contributed by atoms with Crippen LogP contribution in [0.1, 0.15) is 43.0 Å². The van der Waals surface area contributed by atoms with E-state index in [0.717, 1.165) is 30.5 Å². The number of hydrogen-bond donors (Lipinski definition) is 0. The average molecular weight is 327 g/mol. The summed E-state index contributed by atoms with van der Waals surface area (Å²) < 4.78 is 7.77. The lowest BCUT2D eigenvalue weighted by Gasteiger charge is -2.35. The molecule has 1 aliphatic heterocycles. The highest BCUT2D eigenvalue weighted by molar-refractivity contribution is 5.82. The molecule has 2 heterocycles. The number of aryl methyl sites for hydroxylation is 1. The van der Waals surface area contributed by atoms with E-state index in [2.05, 4.69) is 11.3 Å². The van der Waals surface area contributed by atoms with Gasteiger partial charge in [0.25, 0.3) is 5.91 Å². The molecule has 0 bridgehead atoms. The number of benzene rings is 1. The summed E-state index contributed by atoms with van der Waals surface area (Å²) in [6.45, 7) is 5.95. The van der Waals surface area contributed by atoms with E-state index in [9.17, 15) is 4.79 Å². The molecule has 0 spiro atoms. The van der Waals surface area contributed by atoms with E-state index >= 15 is 0 Å². The number of carbonyl (C=O) groups is 1. The van der Waals surface area contributed by atoms with E-state index in [4.69, 9.17) is 4.74 Å². The van der Waals surface area contributed by atoms with Crippen LogP contribution in [0.25, 0.3) is 0 Å². The monoisotopic (exact) mass is 327 g/mol. The number of piperidine rings is 1. The first-order valence-electron chi connectivity index (χ1n) is 8.65. The highest BCUT2D eigenvalue weighted by Crippen LogP contribution is 2.26. The van der Waals surface area contributed by atoms with Crippen LogP contribution in [0.3, 0.4) is 0 Å². The minimum Gasteiger partial charge on any atom is -0.364 e. The SMILES string of the molecule is CCO[C@H](C(=O)N1CCC[C@@H](n2cc(C)cn2)C1)c1ccccc1. The van der Waals surface area contributed by atoms with Gasteiger partial charge in [-0.2, -0.15) is 5.10 Å². The van der Waals surface area contributed by atoms with Crippen LogP contribution in [0.5, 0.6) is 0 Å². The zero-order chi connectivity index (χ0) is 16.9. The van der Waals surface area contributed by atoms with Gasteiger partial charge in [-0.3, -0.25) is 9.48 Å². The molecule has 0 saturated carbocycles. The van der Waals surface area contributed by atoms with Crippen LogP contribution in [-0.4, -0.2) is 40.3 Å². The summed E-state index contributed by atoms with van der Waals surface area (Å²) in [4.78, 5) is 15.0. The van der Waals surface area contributed by atoms with Crippen molar-refractivity contribution in [2.45, 2.75) is 38.8 Å². The number of amides is 1. The van der Waals surface area contributed by atoms with Crippen molar-refractivity contribution in [3.63, 3.8) is 0 Å². The third-order valence-electron chi connectivity index (χ3n) is 4.47. The summed E-state index contributed by atoms with van der Waals surface area (Å²) in [6, 6.07) is 10.00. The number of nitrogens with zero attached hydrogens (tertiary/aromatic N) is 3. The second kappa shape index (κ2) is 7.62. The first-order chi connectivity index (χ1) is 11.7. The molecule has 1 saturated heterocycles. The standard InChI is InChI=1S/C19H25N3O2/c1-3-24-18(16-8-5-4-6-9-16)19(23)21-11-7-10-17(14-21)22-13-15(2)12-20-22/h4-6,8-9,12-13,17-18H,3,7,10-11,14H2,1-2H3/t17-,18+/m1/s1. The van der Waals surface area contributed by atoms with Crippen molar-refractivity contribution in [3.05, 3.63) is 53.9 Å². The van der Waals surface area contributed by atoms with Gasteiger partial charge in [0.15, 0.2) is 6.10 Å². The van der Waals surface area contributed by atoms with Crippen molar-refractivity contribution in [1.82, 2.24) is 14.7 Å². The van der Waals surface area contributed by atoms with Crippen molar-refractivity contribution in [3.8, 4) is 0 Å². The summed E-state index contributed by atoms with van der Waals surface area (Å²) >= 11 is 0. The van der Waals surface area contributed by atoms with Crippen LogP contribution >= 0.6 is 0 Å². The molecule has 5 nitrogen and oxygen atoms in total. The molecule has 0 aliphatic carbocycles. The average Bonchev–Trinajstić information content (AvgIpc) is 3.06. The molecule has 3 rings (SSSR count). The zero-order valence-corrected chi connectivity index (χ0v) is 14.4. The predicted molar refractivity (Wildman–Crippen MR) is 92.6 cm³/mol. The van der Waals surface area contributed by atoms with Crippen LogP contribution in [0.2, 0.25) is 0 Å². The van der Waals surface area contributed by atoms with Gasteiger partial charge in [-0.1, -0.05) is 30.3 Å². The first kappa shape index (κ1) is 16.7. The molecule has 5 heteroatoms. The molecule has 1 fully saturated rings. The van der Waals surface area contributed by atoms with Gasteiger partial charge in [-0.15, -0.1) is 0 Å². The van der Waals surface area contributed by atoms with E-state index in [1.165, 1.54) is 0 Å². The molecule has 2 aromatic rings. The normalized spacial score (nSPS) is 19.2. The van der Waals surface area contributed by atoms with E-state index < -0.39 is 6.10 Å². The van der Waals surface area contributed by atoms with Gasteiger partial charge in [-0.25, -0.2) is 0 Å². The summed E-state index contributed by atoms with van der Waals surface area (Å²) in [5.41, 5.74) is 2.07. The maximum atomic E-state index is 13.0. The Balaban J connectivity index is 1.74. The lowest BCUT2D eigenvalue weighted by atomic mass is 10.0. The molecule has 1 aliphatic rings. The summed E-state index contributed by atoms with van der Waals surface area (Å²) in [7, 11) is 0. The van der Waals surface area contributed by atoms with Crippen LogP contribution in [0.4, 0.5) is 0 Å². The Morgan fingerprint density at radius 3 is 2.83 bits per heavy atom. The Morgan fingerprint density at radius 2 is 2.17 bits per heavy atom. The molecule has 1 aromatic heterocycles. The molecule has 0 radical (unpaired) electrons. The highest BCUT2D eigenvalue weighted by atomic mass is 16.5. The molecule has 0 unspecified atom stereocenters. The Hall–Kier alpha value is -2.14. The zero-order valence-electron chi connectivity index (χ0n) is 14.4. The van der Waals surface area contributed by atoms with Crippen LogP contribution in [0.15, 0.2) is 42.7 Å². The van der Waals surface area contributed by atoms with Crippen molar-refractivity contribution in [1.29, 1.82) is 0 Å². The van der Waals surface area contributed by atoms with Gasteiger partial charge >= 0.3 is 0 Å². The van der Waals surface area contributed by atoms with Crippen LogP contribution in [0, 0.1) is 6.92 Å². The molecular weight excluding hydrogens is 302 g/mol. The number of carbonyl (C=O) groups excluding carboxylic acids is 1. The fourth-order valence-electron chi connectivity index (χ4n) is 3.27. The predicted octanol–water partition coefficient (Wildman–Crippen LogP) is 3.13. The second-order valence-electron chi connectivity index (χ2n) is 6.32. The number of hydrogen-bond acceptors (Lipinski definition) is 3. The van der Waals surface area contributed by atoms with Crippen LogP contribution < -0.4 is 0 Å². The third kappa shape index (κ3) is 3.67. The molecule has 1 aromatic carbocycles. The molecular formula is C19H25N3O2. The van der Waals surface area contributed by atoms with Crippen molar-refractivity contribution < 1.29 is 9.53 Å². The third-order valence-corrected chi connectivity index (χ3v) is 4.47. The van der Waals surface area contributed by atoms with Crippen molar-refractivity contribution in [2.24, 2.45) is 0 Å². The molecule has 0 N–H and O–H groups in total. The Labute approximate surface area is 143 Å². The molecule has 24 heavy (non-hydrogen) atoms.